The average Bonchev–Trinajstić information content (AvgIpc) is 2.96. The molecule has 0 atom stereocenters. The van der Waals surface area contributed by atoms with Gasteiger partial charge < -0.3 is 5.32 Å². The summed E-state index contributed by atoms with van der Waals surface area (Å²) in [6, 6.07) is 15.8. The van der Waals surface area contributed by atoms with Crippen LogP contribution in [0.2, 0.25) is 0 Å². The lowest BCUT2D eigenvalue weighted by Crippen LogP contribution is -2.12. The number of nitrogens with one attached hydrogen (secondary N) is 2. The highest BCUT2D eigenvalue weighted by molar-refractivity contribution is 7.99. The molecular weight excluding hydrogens is 282 g/mol. The van der Waals surface area contributed by atoms with Crippen LogP contribution < -0.4 is 5.32 Å². The lowest BCUT2D eigenvalue weighted by Gasteiger charge is -2.05. The van der Waals surface area contributed by atoms with E-state index in [9.17, 15) is 4.79 Å². The van der Waals surface area contributed by atoms with E-state index in [2.05, 4.69) is 27.6 Å². The van der Waals surface area contributed by atoms with Crippen LogP contribution >= 0.6 is 11.8 Å². The lowest BCUT2D eigenvalue weighted by atomic mass is 10.2. The summed E-state index contributed by atoms with van der Waals surface area (Å²) in [4.78, 5) is 13.1. The normalized spacial score (nSPS) is 10.7. The van der Waals surface area contributed by atoms with E-state index in [4.69, 9.17) is 0 Å². The Morgan fingerprint density at radius 3 is 2.90 bits per heavy atom. The SMILES string of the molecule is O=C(CCSc1ccccc1)Nc1ccc2cn[nH]c2c1. The first-order valence-corrected chi connectivity index (χ1v) is 7.71. The number of nitrogens with zero attached hydrogens (tertiary/aromatic N) is 1. The second kappa shape index (κ2) is 6.45. The van der Waals surface area contributed by atoms with Crippen molar-refractivity contribution in [1.29, 1.82) is 0 Å². The van der Waals surface area contributed by atoms with Gasteiger partial charge in [0.15, 0.2) is 0 Å². The summed E-state index contributed by atoms with van der Waals surface area (Å²) in [6.07, 6.45) is 2.25. The van der Waals surface area contributed by atoms with Gasteiger partial charge in [-0.15, -0.1) is 11.8 Å². The van der Waals surface area contributed by atoms with Gasteiger partial charge >= 0.3 is 0 Å². The minimum absolute atomic E-state index is 0.0253. The van der Waals surface area contributed by atoms with Crippen LogP contribution in [-0.4, -0.2) is 21.9 Å². The van der Waals surface area contributed by atoms with E-state index in [0.717, 1.165) is 22.3 Å². The number of carbonyl (C=O) groups is 1. The highest BCUT2D eigenvalue weighted by atomic mass is 32.2. The molecule has 2 N–H and O–H groups in total. The Morgan fingerprint density at radius 2 is 2.05 bits per heavy atom. The summed E-state index contributed by atoms with van der Waals surface area (Å²) in [5.74, 6) is 0.791. The Bertz CT molecular complexity index is 739. The Balaban J connectivity index is 1.51. The topological polar surface area (TPSA) is 57.8 Å². The van der Waals surface area contributed by atoms with Crippen LogP contribution in [0.4, 0.5) is 5.69 Å². The molecule has 0 aliphatic rings. The number of benzene rings is 2. The zero-order chi connectivity index (χ0) is 14.5. The number of H-pyrrole nitrogens is 1. The first kappa shape index (κ1) is 13.7. The van der Waals surface area contributed by atoms with Crippen molar-refractivity contribution in [2.24, 2.45) is 0 Å². The fraction of sp³-hybridized carbons (Fsp3) is 0.125. The quantitative estimate of drug-likeness (QED) is 0.706. The number of aromatic amines is 1. The second-order valence-corrected chi connectivity index (χ2v) is 5.80. The van der Waals surface area contributed by atoms with E-state index in [0.29, 0.717) is 6.42 Å². The van der Waals surface area contributed by atoms with Gasteiger partial charge in [-0.2, -0.15) is 5.10 Å². The summed E-state index contributed by atoms with van der Waals surface area (Å²) in [7, 11) is 0. The summed E-state index contributed by atoms with van der Waals surface area (Å²) in [5, 5.41) is 10.8. The summed E-state index contributed by atoms with van der Waals surface area (Å²) >= 11 is 1.69. The molecule has 21 heavy (non-hydrogen) atoms. The molecule has 3 rings (SSSR count). The molecule has 0 saturated heterocycles. The number of carbonyl (C=O) groups excluding carboxylic acids is 1. The van der Waals surface area contributed by atoms with Crippen molar-refractivity contribution in [1.82, 2.24) is 10.2 Å². The second-order valence-electron chi connectivity index (χ2n) is 4.63. The van der Waals surface area contributed by atoms with E-state index >= 15 is 0 Å². The number of fused-ring (bicyclic) bond motifs is 1. The standard InChI is InChI=1S/C16H15N3OS/c20-16(8-9-21-14-4-2-1-3-5-14)18-13-7-6-12-11-17-19-15(12)10-13/h1-7,10-11H,8-9H2,(H,17,19)(H,18,20). The molecule has 106 valence electrons. The molecule has 3 aromatic rings. The number of thioether (sulfide) groups is 1. The molecule has 0 radical (unpaired) electrons. The zero-order valence-corrected chi connectivity index (χ0v) is 12.2. The van der Waals surface area contributed by atoms with Crippen molar-refractivity contribution in [2.45, 2.75) is 11.3 Å². The predicted molar refractivity (Wildman–Crippen MR) is 86.5 cm³/mol. The number of amides is 1. The number of hydrogen-bond donors (Lipinski definition) is 2. The van der Waals surface area contributed by atoms with Crippen molar-refractivity contribution in [3.05, 3.63) is 54.7 Å². The van der Waals surface area contributed by atoms with Crippen molar-refractivity contribution in [2.75, 3.05) is 11.1 Å². The molecule has 5 heteroatoms. The first-order valence-electron chi connectivity index (χ1n) is 6.72. The van der Waals surface area contributed by atoms with Crippen LogP contribution in [0.25, 0.3) is 10.9 Å². The highest BCUT2D eigenvalue weighted by Crippen LogP contribution is 2.19. The molecule has 1 heterocycles. The Hall–Kier alpha value is -2.27. The number of anilines is 1. The van der Waals surface area contributed by atoms with Gasteiger partial charge in [-0.1, -0.05) is 18.2 Å². The van der Waals surface area contributed by atoms with Crippen molar-refractivity contribution >= 4 is 34.3 Å². The van der Waals surface area contributed by atoms with Gasteiger partial charge in [0.05, 0.1) is 11.7 Å². The fourth-order valence-corrected chi connectivity index (χ4v) is 2.89. The monoisotopic (exact) mass is 297 g/mol. The van der Waals surface area contributed by atoms with Crippen LogP contribution in [0.5, 0.6) is 0 Å². The van der Waals surface area contributed by atoms with E-state index < -0.39 is 0 Å². The van der Waals surface area contributed by atoms with Crippen LogP contribution in [0.1, 0.15) is 6.42 Å². The molecule has 2 aromatic carbocycles. The summed E-state index contributed by atoms with van der Waals surface area (Å²) < 4.78 is 0. The van der Waals surface area contributed by atoms with E-state index in [-0.39, 0.29) is 5.91 Å². The zero-order valence-electron chi connectivity index (χ0n) is 11.4. The molecule has 0 aliphatic heterocycles. The van der Waals surface area contributed by atoms with Crippen molar-refractivity contribution in [3.8, 4) is 0 Å². The molecule has 0 unspecified atom stereocenters. The molecular formula is C16H15N3OS. The number of aromatic nitrogens is 2. The molecule has 0 saturated carbocycles. The van der Waals surface area contributed by atoms with Gasteiger partial charge in [-0.3, -0.25) is 9.89 Å². The third-order valence-electron chi connectivity index (χ3n) is 3.07. The molecule has 0 aliphatic carbocycles. The Labute approximate surface area is 126 Å². The maximum absolute atomic E-state index is 11.9. The fourth-order valence-electron chi connectivity index (χ4n) is 2.02. The van der Waals surface area contributed by atoms with Gasteiger partial charge in [0, 0.05) is 28.1 Å². The molecule has 1 aromatic heterocycles. The van der Waals surface area contributed by atoms with Crippen molar-refractivity contribution in [3.63, 3.8) is 0 Å². The third kappa shape index (κ3) is 3.64. The summed E-state index contributed by atoms with van der Waals surface area (Å²) in [5.41, 5.74) is 1.72. The minimum Gasteiger partial charge on any atom is -0.326 e. The molecule has 0 fully saturated rings. The molecule has 0 bridgehead atoms. The van der Waals surface area contributed by atoms with Gasteiger partial charge in [0.1, 0.15) is 0 Å². The first-order chi connectivity index (χ1) is 10.3. The average molecular weight is 297 g/mol. The van der Waals surface area contributed by atoms with Crippen molar-refractivity contribution < 1.29 is 4.79 Å². The number of rotatable bonds is 5. The maximum atomic E-state index is 11.9. The number of hydrogen-bond acceptors (Lipinski definition) is 3. The van der Waals surface area contributed by atoms with Crippen LogP contribution in [-0.2, 0) is 4.79 Å². The summed E-state index contributed by atoms with van der Waals surface area (Å²) in [6.45, 7) is 0. The molecule has 0 spiro atoms. The molecule has 4 nitrogen and oxygen atoms in total. The van der Waals surface area contributed by atoms with Gasteiger partial charge in [-0.25, -0.2) is 0 Å². The van der Waals surface area contributed by atoms with E-state index in [1.165, 1.54) is 4.90 Å². The maximum Gasteiger partial charge on any atom is 0.225 e. The van der Waals surface area contributed by atoms with Crippen LogP contribution in [0, 0.1) is 0 Å². The van der Waals surface area contributed by atoms with Gasteiger partial charge in [-0.05, 0) is 30.3 Å². The van der Waals surface area contributed by atoms with Gasteiger partial charge in [0.2, 0.25) is 5.91 Å². The molecule has 1 amide bonds. The predicted octanol–water partition coefficient (Wildman–Crippen LogP) is 3.68. The Morgan fingerprint density at radius 1 is 1.19 bits per heavy atom. The highest BCUT2D eigenvalue weighted by Gasteiger charge is 2.04. The minimum atomic E-state index is 0.0253. The van der Waals surface area contributed by atoms with E-state index in [1.54, 1.807) is 18.0 Å². The third-order valence-corrected chi connectivity index (χ3v) is 4.08. The smallest absolute Gasteiger partial charge is 0.225 e. The largest absolute Gasteiger partial charge is 0.326 e. The van der Waals surface area contributed by atoms with Gasteiger partial charge in [0.25, 0.3) is 0 Å². The Kier molecular flexibility index (Phi) is 4.21. The van der Waals surface area contributed by atoms with E-state index in [1.807, 2.05) is 36.4 Å². The lowest BCUT2D eigenvalue weighted by molar-refractivity contribution is -0.115. The van der Waals surface area contributed by atoms with Crippen LogP contribution in [0.15, 0.2) is 59.6 Å². The van der Waals surface area contributed by atoms with Crippen LogP contribution in [0.3, 0.4) is 0 Å².